The molecule has 0 spiro atoms. The maximum atomic E-state index is 13.7. The lowest BCUT2D eigenvalue weighted by Gasteiger charge is -2.03. The average Bonchev–Trinajstić information content (AvgIpc) is 3.01. The molecule has 0 aliphatic carbocycles. The summed E-state index contributed by atoms with van der Waals surface area (Å²) in [5.41, 5.74) is 0.482. The van der Waals surface area contributed by atoms with Crippen molar-refractivity contribution in [3.05, 3.63) is 64.4 Å². The van der Waals surface area contributed by atoms with Crippen molar-refractivity contribution in [2.24, 2.45) is 0 Å². The molecule has 0 fully saturated rings. The average molecular weight is 340 g/mol. The summed E-state index contributed by atoms with van der Waals surface area (Å²) in [6.07, 6.45) is 0. The van der Waals surface area contributed by atoms with Crippen molar-refractivity contribution in [1.29, 1.82) is 0 Å². The summed E-state index contributed by atoms with van der Waals surface area (Å²) in [5, 5.41) is 10.7. The van der Waals surface area contributed by atoms with Crippen LogP contribution < -0.4 is 5.32 Å². The lowest BCUT2D eigenvalue weighted by Crippen LogP contribution is -2.00. The number of rotatable bonds is 4. The molecule has 0 aliphatic rings. The number of benzene rings is 2. The van der Waals surface area contributed by atoms with Crippen LogP contribution >= 0.6 is 11.6 Å². The highest BCUT2D eigenvalue weighted by Gasteiger charge is 2.19. The molecule has 0 amide bonds. The van der Waals surface area contributed by atoms with Crippen LogP contribution in [0.5, 0.6) is 0 Å². The summed E-state index contributed by atoms with van der Waals surface area (Å²) in [5.74, 6) is -4.52. The number of halogens is 4. The third kappa shape index (κ3) is 3.14. The first-order chi connectivity index (χ1) is 11.1. The molecule has 0 bridgehead atoms. The second kappa shape index (κ2) is 6.29. The summed E-state index contributed by atoms with van der Waals surface area (Å²) < 4.78 is 45.0. The summed E-state index contributed by atoms with van der Waals surface area (Å²) in [6, 6.07) is 8.97. The molecule has 1 aromatic heterocycles. The van der Waals surface area contributed by atoms with Crippen LogP contribution in [-0.2, 0) is 6.54 Å². The Morgan fingerprint density at radius 3 is 2.57 bits per heavy atom. The highest BCUT2D eigenvalue weighted by Crippen LogP contribution is 2.26. The van der Waals surface area contributed by atoms with Gasteiger partial charge < -0.3 is 9.73 Å². The third-order valence-corrected chi connectivity index (χ3v) is 3.45. The van der Waals surface area contributed by atoms with E-state index in [-0.39, 0.29) is 17.5 Å². The van der Waals surface area contributed by atoms with Crippen molar-refractivity contribution >= 4 is 17.6 Å². The van der Waals surface area contributed by atoms with Crippen LogP contribution in [0.4, 0.5) is 19.2 Å². The van der Waals surface area contributed by atoms with Crippen LogP contribution in [0.3, 0.4) is 0 Å². The zero-order valence-electron chi connectivity index (χ0n) is 11.5. The Labute approximate surface area is 133 Å². The van der Waals surface area contributed by atoms with E-state index in [4.69, 9.17) is 16.0 Å². The number of nitrogens with one attached hydrogen (secondary N) is 1. The molecule has 0 unspecified atom stereocenters. The Bertz CT molecular complexity index is 854. The Morgan fingerprint density at radius 1 is 1.00 bits per heavy atom. The number of anilines is 1. The smallest absolute Gasteiger partial charge is 0.316 e. The molecular weight excluding hydrogens is 331 g/mol. The minimum absolute atomic E-state index is 0.00375. The summed E-state index contributed by atoms with van der Waals surface area (Å²) in [6.45, 7) is 0.307. The van der Waals surface area contributed by atoms with Gasteiger partial charge in [-0.3, -0.25) is 0 Å². The van der Waals surface area contributed by atoms with Gasteiger partial charge in [0.15, 0.2) is 17.5 Å². The molecule has 2 aromatic carbocycles. The molecular formula is C15H9ClF3N3O. The highest BCUT2D eigenvalue weighted by molar-refractivity contribution is 6.31. The first-order valence-corrected chi connectivity index (χ1v) is 6.88. The molecule has 1 N–H and O–H groups in total. The van der Waals surface area contributed by atoms with Gasteiger partial charge in [0, 0.05) is 11.6 Å². The van der Waals surface area contributed by atoms with Crippen LogP contribution in [0.2, 0.25) is 5.02 Å². The van der Waals surface area contributed by atoms with E-state index in [1.54, 1.807) is 12.1 Å². The zero-order valence-corrected chi connectivity index (χ0v) is 12.2. The lowest BCUT2D eigenvalue weighted by atomic mass is 10.2. The minimum atomic E-state index is -1.59. The van der Waals surface area contributed by atoms with E-state index >= 15 is 0 Å². The number of aromatic nitrogens is 2. The normalized spacial score (nSPS) is 10.8. The molecule has 4 nitrogen and oxygen atoms in total. The van der Waals surface area contributed by atoms with E-state index < -0.39 is 17.5 Å². The summed E-state index contributed by atoms with van der Waals surface area (Å²) in [4.78, 5) is 0. The van der Waals surface area contributed by atoms with Gasteiger partial charge in [-0.2, -0.15) is 0 Å². The Hall–Kier alpha value is -2.54. The highest BCUT2D eigenvalue weighted by atomic mass is 35.5. The van der Waals surface area contributed by atoms with Gasteiger partial charge >= 0.3 is 6.01 Å². The second-order valence-corrected chi connectivity index (χ2v) is 4.99. The molecule has 0 atom stereocenters. The molecule has 3 aromatic rings. The first-order valence-electron chi connectivity index (χ1n) is 6.51. The number of hydrogen-bond donors (Lipinski definition) is 1. The lowest BCUT2D eigenvalue weighted by molar-refractivity contribution is 0.446. The molecule has 3 rings (SSSR count). The third-order valence-electron chi connectivity index (χ3n) is 3.08. The van der Waals surface area contributed by atoms with Gasteiger partial charge in [-0.25, -0.2) is 13.2 Å². The van der Waals surface area contributed by atoms with E-state index in [1.807, 2.05) is 12.1 Å². The second-order valence-electron chi connectivity index (χ2n) is 4.58. The molecule has 1 heterocycles. The van der Waals surface area contributed by atoms with Crippen molar-refractivity contribution in [3.63, 3.8) is 0 Å². The molecule has 0 saturated heterocycles. The molecule has 0 saturated carbocycles. The maximum absolute atomic E-state index is 13.7. The van der Waals surface area contributed by atoms with E-state index in [0.29, 0.717) is 11.6 Å². The predicted octanol–water partition coefficient (Wildman–Crippen LogP) is 4.42. The van der Waals surface area contributed by atoms with E-state index in [9.17, 15) is 13.2 Å². The fourth-order valence-electron chi connectivity index (χ4n) is 1.91. The van der Waals surface area contributed by atoms with Crippen molar-refractivity contribution in [2.75, 3.05) is 5.32 Å². The van der Waals surface area contributed by atoms with Gasteiger partial charge in [-0.1, -0.05) is 34.9 Å². The summed E-state index contributed by atoms with van der Waals surface area (Å²) >= 11 is 6.01. The molecule has 0 aliphatic heterocycles. The Balaban J connectivity index is 1.79. The summed E-state index contributed by atoms with van der Waals surface area (Å²) in [7, 11) is 0. The topological polar surface area (TPSA) is 51.0 Å². The standard InChI is InChI=1S/C15H9ClF3N3O/c16-10-4-2-1-3-8(10)7-20-15-22-21-14(23-15)9-5-6-11(17)13(19)12(9)18/h1-6H,7H2,(H,20,22). The maximum Gasteiger partial charge on any atom is 0.316 e. The fourth-order valence-corrected chi connectivity index (χ4v) is 2.11. The van der Waals surface area contributed by atoms with Crippen molar-refractivity contribution in [2.45, 2.75) is 6.54 Å². The predicted molar refractivity (Wildman–Crippen MR) is 78.4 cm³/mol. The van der Waals surface area contributed by atoms with Crippen molar-refractivity contribution in [1.82, 2.24) is 10.2 Å². The molecule has 0 radical (unpaired) electrons. The van der Waals surface area contributed by atoms with Crippen LogP contribution in [0, 0.1) is 17.5 Å². The van der Waals surface area contributed by atoms with Gasteiger partial charge in [0.05, 0.1) is 5.56 Å². The van der Waals surface area contributed by atoms with Crippen LogP contribution in [0.1, 0.15) is 5.56 Å². The van der Waals surface area contributed by atoms with Gasteiger partial charge in [0.25, 0.3) is 5.89 Å². The van der Waals surface area contributed by atoms with Gasteiger partial charge in [-0.05, 0) is 23.8 Å². The quantitative estimate of drug-likeness (QED) is 0.715. The molecule has 23 heavy (non-hydrogen) atoms. The van der Waals surface area contributed by atoms with Gasteiger partial charge in [-0.15, -0.1) is 5.10 Å². The van der Waals surface area contributed by atoms with Crippen LogP contribution in [-0.4, -0.2) is 10.2 Å². The first kappa shape index (κ1) is 15.4. The van der Waals surface area contributed by atoms with Crippen molar-refractivity contribution < 1.29 is 17.6 Å². The van der Waals surface area contributed by atoms with Gasteiger partial charge in [0.1, 0.15) is 0 Å². The van der Waals surface area contributed by atoms with Crippen molar-refractivity contribution in [3.8, 4) is 11.5 Å². The fraction of sp³-hybridized carbons (Fsp3) is 0.0667. The van der Waals surface area contributed by atoms with Crippen LogP contribution in [0.15, 0.2) is 40.8 Å². The minimum Gasteiger partial charge on any atom is -0.403 e. The van der Waals surface area contributed by atoms with Crippen LogP contribution in [0.25, 0.3) is 11.5 Å². The van der Waals surface area contributed by atoms with E-state index in [2.05, 4.69) is 15.5 Å². The van der Waals surface area contributed by atoms with Gasteiger partial charge in [0.2, 0.25) is 0 Å². The molecule has 8 heteroatoms. The number of nitrogens with zero attached hydrogens (tertiary/aromatic N) is 2. The Kier molecular flexibility index (Phi) is 4.20. The van der Waals surface area contributed by atoms with E-state index in [0.717, 1.165) is 17.7 Å². The van der Waals surface area contributed by atoms with E-state index in [1.165, 1.54) is 0 Å². The zero-order chi connectivity index (χ0) is 16.4. The Morgan fingerprint density at radius 2 is 1.78 bits per heavy atom. The largest absolute Gasteiger partial charge is 0.403 e. The number of hydrogen-bond acceptors (Lipinski definition) is 4. The SMILES string of the molecule is Fc1ccc(-c2nnc(NCc3ccccc3Cl)o2)c(F)c1F. The monoisotopic (exact) mass is 339 g/mol. The molecule has 118 valence electrons.